The van der Waals surface area contributed by atoms with Gasteiger partial charge in [0.2, 0.25) is 0 Å². The van der Waals surface area contributed by atoms with Crippen molar-refractivity contribution in [2.75, 3.05) is 0 Å². The summed E-state index contributed by atoms with van der Waals surface area (Å²) < 4.78 is 0. The molecular weight excluding hydrogens is 243 g/mol. The number of aliphatic carboxylic acids is 1. The summed E-state index contributed by atoms with van der Waals surface area (Å²) in [5.74, 6) is -0.271. The molecule has 0 spiro atoms. The third-order valence-electron chi connectivity index (χ3n) is 2.43. The van der Waals surface area contributed by atoms with E-state index in [9.17, 15) is 4.79 Å². The molecule has 1 fully saturated rings. The molecule has 1 N–H and O–H groups in total. The van der Waals surface area contributed by atoms with Gasteiger partial charge in [-0.1, -0.05) is 19.8 Å². The Hall–Kier alpha value is 0.340. The van der Waals surface area contributed by atoms with Gasteiger partial charge in [0.25, 0.3) is 0 Å². The molecule has 1 aliphatic rings. The Morgan fingerprint density at radius 2 is 1.91 bits per heavy atom. The van der Waals surface area contributed by atoms with E-state index in [4.69, 9.17) is 5.11 Å². The van der Waals surface area contributed by atoms with Crippen LogP contribution in [-0.4, -0.2) is 36.9 Å². The predicted molar refractivity (Wildman–Crippen MR) is 48.7 cm³/mol. The van der Waals surface area contributed by atoms with Gasteiger partial charge in [0.15, 0.2) is 0 Å². The molecule has 0 aromatic heterocycles. The number of carbonyl (C=O) groups is 1. The normalized spacial score (nSPS) is 30.6. The summed E-state index contributed by atoms with van der Waals surface area (Å²) >= 11 is 0. The van der Waals surface area contributed by atoms with Crippen LogP contribution in [0.2, 0.25) is 0 Å². The van der Waals surface area contributed by atoms with Gasteiger partial charge in [-0.25, -0.2) is 0 Å². The third kappa shape index (κ3) is 3.06. The van der Waals surface area contributed by atoms with E-state index in [0.717, 1.165) is 19.3 Å². The van der Waals surface area contributed by atoms with Gasteiger partial charge in [-0.15, -0.1) is 0 Å². The quantitative estimate of drug-likeness (QED) is 0.754. The first-order valence-corrected chi connectivity index (χ1v) is 3.94. The summed E-state index contributed by atoms with van der Waals surface area (Å²) in [6, 6.07) is 0. The first-order chi connectivity index (χ1) is 4.72. The van der Waals surface area contributed by atoms with Crippen LogP contribution in [0.15, 0.2) is 0 Å². The molecule has 3 heteroatoms. The summed E-state index contributed by atoms with van der Waals surface area (Å²) in [5.41, 5.74) is 0. The molecule has 2 nitrogen and oxygen atoms in total. The molecule has 11 heavy (non-hydrogen) atoms. The predicted octanol–water partition coefficient (Wildman–Crippen LogP) is 0.713. The van der Waals surface area contributed by atoms with Crippen LogP contribution in [0.1, 0.15) is 32.6 Å². The van der Waals surface area contributed by atoms with Crippen LogP contribution in [0, 0.1) is 11.8 Å². The topological polar surface area (TPSA) is 37.3 Å². The molecule has 2 atom stereocenters. The second-order valence-corrected chi connectivity index (χ2v) is 3.21. The summed E-state index contributed by atoms with van der Waals surface area (Å²) in [6.07, 6.45) is 4.29. The van der Waals surface area contributed by atoms with E-state index in [1.807, 2.05) is 6.92 Å². The maximum atomic E-state index is 10.6. The molecule has 1 aliphatic carbocycles. The van der Waals surface area contributed by atoms with Crippen LogP contribution in [0.3, 0.4) is 0 Å². The number of rotatable bonds is 1. The molecule has 0 aromatic rings. The van der Waals surface area contributed by atoms with E-state index in [2.05, 4.69) is 0 Å². The SMILES string of the molecule is CC1CCCCC1C(=O)O.[InH3]. The minimum absolute atomic E-state index is 0. The van der Waals surface area contributed by atoms with Gasteiger partial charge in [-0.2, -0.15) is 0 Å². The average molecular weight is 260 g/mol. The van der Waals surface area contributed by atoms with Crippen molar-refractivity contribution in [1.82, 2.24) is 0 Å². The van der Waals surface area contributed by atoms with Crippen molar-refractivity contribution < 1.29 is 9.90 Å². The summed E-state index contributed by atoms with van der Waals surface area (Å²) in [7, 11) is 0. The zero-order valence-electron chi connectivity index (χ0n) is 6.34. The minimum atomic E-state index is -0.604. The third-order valence-corrected chi connectivity index (χ3v) is 2.43. The van der Waals surface area contributed by atoms with Crippen molar-refractivity contribution in [1.29, 1.82) is 0 Å². The van der Waals surface area contributed by atoms with E-state index < -0.39 is 5.97 Å². The maximum absolute atomic E-state index is 10.6. The zero-order chi connectivity index (χ0) is 7.56. The number of hydrogen-bond acceptors (Lipinski definition) is 1. The number of carboxylic acid groups (broad SMARTS) is 1. The molecule has 0 heterocycles. The van der Waals surface area contributed by atoms with Crippen LogP contribution in [0.25, 0.3) is 0 Å². The monoisotopic (exact) mass is 260 g/mol. The van der Waals surface area contributed by atoms with Crippen molar-refractivity contribution >= 4 is 31.8 Å². The molecule has 2 unspecified atom stereocenters. The molecule has 1 rings (SSSR count). The van der Waals surface area contributed by atoms with Crippen LogP contribution >= 0.6 is 0 Å². The van der Waals surface area contributed by atoms with Crippen molar-refractivity contribution in [2.45, 2.75) is 32.6 Å². The van der Waals surface area contributed by atoms with E-state index in [0.29, 0.717) is 5.92 Å². The standard InChI is InChI=1S/C8H14O2.In.3H/c1-6-4-2-3-5-7(6)8(9)10;;;;/h6-7H,2-5H2,1H3,(H,9,10);;;;. The second kappa shape index (κ2) is 5.07. The summed E-state index contributed by atoms with van der Waals surface area (Å²) in [6.45, 7) is 2.04. The zero-order valence-corrected chi connectivity index (χ0v) is 6.34. The molecule has 0 aliphatic heterocycles. The first-order valence-electron chi connectivity index (χ1n) is 3.94. The average Bonchev–Trinajstić information content (AvgIpc) is 1.88. The molecule has 0 aromatic carbocycles. The molecule has 64 valence electrons. The Kier molecular flexibility index (Phi) is 5.23. The van der Waals surface area contributed by atoms with Crippen LogP contribution < -0.4 is 0 Å². The first kappa shape index (κ1) is 11.3. The van der Waals surface area contributed by atoms with Crippen molar-refractivity contribution in [3.8, 4) is 0 Å². The fraction of sp³-hybridized carbons (Fsp3) is 0.875. The Labute approximate surface area is 86.2 Å². The van der Waals surface area contributed by atoms with E-state index in [1.54, 1.807) is 0 Å². The van der Waals surface area contributed by atoms with Crippen molar-refractivity contribution in [3.05, 3.63) is 0 Å². The molecule has 0 radical (unpaired) electrons. The van der Waals surface area contributed by atoms with Gasteiger partial charge in [0.05, 0.1) is 5.92 Å². The van der Waals surface area contributed by atoms with E-state index in [-0.39, 0.29) is 31.8 Å². The summed E-state index contributed by atoms with van der Waals surface area (Å²) in [4.78, 5) is 10.6. The fourth-order valence-electron chi connectivity index (χ4n) is 1.68. The molecule has 0 bridgehead atoms. The van der Waals surface area contributed by atoms with Gasteiger partial charge in [-0.05, 0) is 18.8 Å². The molecule has 1 saturated carbocycles. The Morgan fingerprint density at radius 1 is 1.36 bits per heavy atom. The van der Waals surface area contributed by atoms with Crippen molar-refractivity contribution in [3.63, 3.8) is 0 Å². The Balaban J connectivity index is 0.000001000. The summed E-state index contributed by atoms with van der Waals surface area (Å²) in [5, 5.41) is 8.71. The molecule has 0 amide bonds. The van der Waals surface area contributed by atoms with Crippen LogP contribution in [-0.2, 0) is 4.79 Å². The van der Waals surface area contributed by atoms with Crippen LogP contribution in [0.4, 0.5) is 0 Å². The van der Waals surface area contributed by atoms with Crippen molar-refractivity contribution in [2.24, 2.45) is 11.8 Å². The van der Waals surface area contributed by atoms with Gasteiger partial charge in [0.1, 0.15) is 0 Å². The van der Waals surface area contributed by atoms with Gasteiger partial charge < -0.3 is 5.11 Å². The Bertz CT molecular complexity index is 136. The second-order valence-electron chi connectivity index (χ2n) is 3.21. The number of carboxylic acids is 1. The van der Waals surface area contributed by atoms with Crippen LogP contribution in [0.5, 0.6) is 0 Å². The molecular formula is C8H17InO2. The fourth-order valence-corrected chi connectivity index (χ4v) is 1.68. The van der Waals surface area contributed by atoms with Gasteiger partial charge in [0, 0.05) is 0 Å². The van der Waals surface area contributed by atoms with Gasteiger partial charge >= 0.3 is 31.8 Å². The van der Waals surface area contributed by atoms with E-state index in [1.165, 1.54) is 6.42 Å². The number of hydrogen-bond donors (Lipinski definition) is 1. The Morgan fingerprint density at radius 3 is 2.27 bits per heavy atom. The molecule has 0 saturated heterocycles. The van der Waals surface area contributed by atoms with Gasteiger partial charge in [-0.3, -0.25) is 4.79 Å². The van der Waals surface area contributed by atoms with E-state index >= 15 is 0 Å².